The fourth-order valence-electron chi connectivity index (χ4n) is 3.57. The van der Waals surface area contributed by atoms with Crippen molar-refractivity contribution in [3.8, 4) is 11.5 Å². The fourth-order valence-corrected chi connectivity index (χ4v) is 3.57. The normalized spacial score (nSPS) is 15.0. The van der Waals surface area contributed by atoms with Crippen molar-refractivity contribution < 1.29 is 9.47 Å². The molecule has 0 unspecified atom stereocenters. The number of rotatable bonds is 6. The van der Waals surface area contributed by atoms with Crippen molar-refractivity contribution in [3.05, 3.63) is 41.9 Å². The quantitative estimate of drug-likeness (QED) is 0.683. The molecule has 0 amide bonds. The summed E-state index contributed by atoms with van der Waals surface area (Å²) in [5, 5.41) is 0. The summed E-state index contributed by atoms with van der Waals surface area (Å²) < 4.78 is 13.7. The number of nitrogens with one attached hydrogen (secondary N) is 1. The van der Waals surface area contributed by atoms with Crippen molar-refractivity contribution in [2.45, 2.75) is 45.3 Å². The van der Waals surface area contributed by atoms with E-state index in [1.165, 1.54) is 12.8 Å². The lowest BCUT2D eigenvalue weighted by Crippen LogP contribution is -2.16. The molecule has 28 heavy (non-hydrogen) atoms. The number of fused-ring (bicyclic) bond motifs is 1. The number of methoxy groups -OCH3 is 1. The molecule has 1 aliphatic carbocycles. The zero-order valence-electron chi connectivity index (χ0n) is 16.2. The molecule has 0 saturated heterocycles. The van der Waals surface area contributed by atoms with Gasteiger partial charge in [0.1, 0.15) is 17.0 Å². The Bertz CT molecular complexity index is 992. The van der Waals surface area contributed by atoms with Gasteiger partial charge in [-0.15, -0.1) is 12.4 Å². The first-order chi connectivity index (χ1) is 13.3. The number of aromatic nitrogens is 4. The summed E-state index contributed by atoms with van der Waals surface area (Å²) in [7, 11) is 1.68. The van der Waals surface area contributed by atoms with E-state index in [0.29, 0.717) is 18.6 Å². The molecule has 0 spiro atoms. The van der Waals surface area contributed by atoms with E-state index < -0.39 is 0 Å². The third-order valence-corrected chi connectivity index (χ3v) is 4.95. The molecule has 8 heteroatoms. The Kier molecular flexibility index (Phi) is 6.57. The minimum atomic E-state index is 0. The second kappa shape index (κ2) is 9.10. The van der Waals surface area contributed by atoms with Crippen LogP contribution in [0.1, 0.15) is 38.2 Å². The third kappa shape index (κ3) is 4.14. The average Bonchev–Trinajstić information content (AvgIpc) is 3.37. The van der Waals surface area contributed by atoms with Crippen molar-refractivity contribution in [2.75, 3.05) is 13.7 Å². The predicted molar refractivity (Wildman–Crippen MR) is 110 cm³/mol. The summed E-state index contributed by atoms with van der Waals surface area (Å²) in [4.78, 5) is 16.5. The molecule has 1 fully saturated rings. The van der Waals surface area contributed by atoms with Crippen LogP contribution in [0.3, 0.4) is 0 Å². The van der Waals surface area contributed by atoms with Crippen molar-refractivity contribution >= 4 is 23.6 Å². The number of hydrogen-bond acceptors (Lipinski definition) is 5. The number of H-pyrrole nitrogens is 1. The number of imidazole rings is 1. The minimum absolute atomic E-state index is 0. The summed E-state index contributed by atoms with van der Waals surface area (Å²) >= 11 is 0. The highest BCUT2D eigenvalue weighted by molar-refractivity contribution is 5.85. The van der Waals surface area contributed by atoms with Crippen LogP contribution in [-0.2, 0) is 6.54 Å². The molecule has 0 atom stereocenters. The molecular weight excluding hydrogens is 378 g/mol. The van der Waals surface area contributed by atoms with Crippen molar-refractivity contribution in [3.63, 3.8) is 0 Å². The molecule has 150 valence electrons. The number of ether oxygens (including phenoxy) is 2. The lowest BCUT2D eigenvalue weighted by atomic mass is 10.1. The van der Waals surface area contributed by atoms with Gasteiger partial charge in [0.15, 0.2) is 11.1 Å². The minimum Gasteiger partial charge on any atom is -0.497 e. The van der Waals surface area contributed by atoms with E-state index in [1.807, 2.05) is 23.6 Å². The Morgan fingerprint density at radius 2 is 2.07 bits per heavy atom. The molecule has 0 radical (unpaired) electrons. The zero-order valence-corrected chi connectivity index (χ0v) is 17.0. The second-order valence-electron chi connectivity index (χ2n) is 6.77. The predicted octanol–water partition coefficient (Wildman–Crippen LogP) is 3.48. The van der Waals surface area contributed by atoms with Crippen LogP contribution in [0.25, 0.3) is 11.2 Å². The smallest absolute Gasteiger partial charge is 0.176 e. The third-order valence-electron chi connectivity index (χ3n) is 4.95. The molecule has 0 bridgehead atoms. The van der Waals surface area contributed by atoms with Gasteiger partial charge in [-0.1, -0.05) is 0 Å². The van der Waals surface area contributed by atoms with Crippen LogP contribution in [-0.4, -0.2) is 39.3 Å². The van der Waals surface area contributed by atoms with Gasteiger partial charge >= 0.3 is 0 Å². The number of hydrogen-bond donors (Lipinski definition) is 1. The van der Waals surface area contributed by atoms with Gasteiger partial charge in [0.2, 0.25) is 0 Å². The van der Waals surface area contributed by atoms with E-state index in [1.54, 1.807) is 19.8 Å². The van der Waals surface area contributed by atoms with Crippen LogP contribution >= 0.6 is 12.4 Å². The lowest BCUT2D eigenvalue weighted by Gasteiger charge is -2.18. The summed E-state index contributed by atoms with van der Waals surface area (Å²) in [6.07, 6.45) is 8.46. The maximum atomic E-state index is 6.32. The van der Waals surface area contributed by atoms with E-state index in [0.717, 1.165) is 41.1 Å². The molecular formula is C20H26ClN5O2. The highest BCUT2D eigenvalue weighted by atomic mass is 35.5. The second-order valence-corrected chi connectivity index (χ2v) is 6.77. The fraction of sp³-hybridized carbons (Fsp3) is 0.450. The Hall–Kier alpha value is -2.54. The first kappa shape index (κ1) is 20.2. The maximum Gasteiger partial charge on any atom is 0.176 e. The topological polar surface area (TPSA) is 77.3 Å². The van der Waals surface area contributed by atoms with Crippen LogP contribution < -0.4 is 15.0 Å². The first-order valence-corrected chi connectivity index (χ1v) is 9.51. The largest absolute Gasteiger partial charge is 0.497 e. The Morgan fingerprint density at radius 3 is 2.82 bits per heavy atom. The number of halogens is 1. The SMILES string of the molecule is CCN=c1ncn(Cc2ccc(OC)cc2OC2CCCC2)c2nc[nH]c12.Cl. The van der Waals surface area contributed by atoms with E-state index in [2.05, 4.69) is 26.0 Å². The monoisotopic (exact) mass is 403 g/mol. The number of nitrogens with zero attached hydrogens (tertiary/aromatic N) is 4. The average molecular weight is 404 g/mol. The molecule has 1 saturated carbocycles. The van der Waals surface area contributed by atoms with E-state index in [-0.39, 0.29) is 18.5 Å². The maximum absolute atomic E-state index is 6.32. The molecule has 2 aromatic heterocycles. The molecule has 4 rings (SSSR count). The molecule has 7 nitrogen and oxygen atoms in total. The van der Waals surface area contributed by atoms with E-state index >= 15 is 0 Å². The van der Waals surface area contributed by atoms with E-state index in [9.17, 15) is 0 Å². The van der Waals surface area contributed by atoms with Crippen LogP contribution in [0, 0.1) is 0 Å². The number of aromatic amines is 1. The molecule has 1 aromatic carbocycles. The van der Waals surface area contributed by atoms with Crippen molar-refractivity contribution in [1.29, 1.82) is 0 Å². The van der Waals surface area contributed by atoms with Gasteiger partial charge in [-0.05, 0) is 44.7 Å². The molecule has 3 aromatic rings. The Morgan fingerprint density at radius 1 is 1.25 bits per heavy atom. The van der Waals surface area contributed by atoms with Crippen LogP contribution in [0.4, 0.5) is 0 Å². The first-order valence-electron chi connectivity index (χ1n) is 9.51. The van der Waals surface area contributed by atoms with Gasteiger partial charge in [0.05, 0.1) is 32.4 Å². The summed E-state index contributed by atoms with van der Waals surface area (Å²) in [6.45, 7) is 3.30. The summed E-state index contributed by atoms with van der Waals surface area (Å²) in [5.41, 5.74) is 3.46. The molecule has 1 aliphatic rings. The van der Waals surface area contributed by atoms with Gasteiger partial charge < -0.3 is 19.0 Å². The van der Waals surface area contributed by atoms with Gasteiger partial charge in [-0.3, -0.25) is 4.99 Å². The van der Waals surface area contributed by atoms with Gasteiger partial charge in [0, 0.05) is 18.2 Å². The van der Waals surface area contributed by atoms with Crippen LogP contribution in [0.2, 0.25) is 0 Å². The van der Waals surface area contributed by atoms with Crippen LogP contribution in [0.5, 0.6) is 11.5 Å². The highest BCUT2D eigenvalue weighted by Crippen LogP contribution is 2.30. The standard InChI is InChI=1S/C20H25N5O2.ClH/c1-3-21-19-18-20(23-12-22-18)25(13-24-19)11-14-8-9-16(26-2)10-17(14)27-15-6-4-5-7-15;/h8-10,12-13,15H,3-7,11H2,1-2H3,(H,22,23);1H. The Balaban J connectivity index is 0.00000225. The molecule has 0 aliphatic heterocycles. The Labute approximate surface area is 170 Å². The van der Waals surface area contributed by atoms with Gasteiger partial charge in [-0.2, -0.15) is 0 Å². The van der Waals surface area contributed by atoms with Crippen LogP contribution in [0.15, 0.2) is 35.8 Å². The summed E-state index contributed by atoms with van der Waals surface area (Å²) in [5.74, 6) is 1.68. The van der Waals surface area contributed by atoms with Gasteiger partial charge in [-0.25, -0.2) is 9.97 Å². The molecule has 1 N–H and O–H groups in total. The number of benzene rings is 1. The van der Waals surface area contributed by atoms with Gasteiger partial charge in [0.25, 0.3) is 0 Å². The highest BCUT2D eigenvalue weighted by Gasteiger charge is 2.19. The van der Waals surface area contributed by atoms with E-state index in [4.69, 9.17) is 9.47 Å². The lowest BCUT2D eigenvalue weighted by molar-refractivity contribution is 0.207. The summed E-state index contributed by atoms with van der Waals surface area (Å²) in [6, 6.07) is 6.00. The molecule has 2 heterocycles. The zero-order chi connectivity index (χ0) is 18.6. The van der Waals surface area contributed by atoms with Crippen molar-refractivity contribution in [2.24, 2.45) is 4.99 Å². The van der Waals surface area contributed by atoms with Crippen molar-refractivity contribution in [1.82, 2.24) is 19.5 Å².